The summed E-state index contributed by atoms with van der Waals surface area (Å²) in [6, 6.07) is 4.79. The summed E-state index contributed by atoms with van der Waals surface area (Å²) in [6.45, 7) is 6.61. The fraction of sp³-hybridized carbons (Fsp3) is 0.455. The summed E-state index contributed by atoms with van der Waals surface area (Å²) in [5, 5.41) is 0.713. The molecule has 0 atom stereocenters. The Morgan fingerprint density at radius 1 is 1.25 bits per heavy atom. The number of ether oxygens (including phenoxy) is 2. The molecule has 3 rings (SSSR count). The van der Waals surface area contributed by atoms with Gasteiger partial charge in [0.25, 0.3) is 5.91 Å². The maximum Gasteiger partial charge on any atom is 0.336 e. The first-order chi connectivity index (χ1) is 13.3. The number of unbranched alkanes of at least 4 members (excludes halogenated alkanes) is 2. The van der Waals surface area contributed by atoms with Gasteiger partial charge in [0.05, 0.1) is 5.56 Å². The Morgan fingerprint density at radius 2 is 2.04 bits per heavy atom. The molecule has 2 heterocycles. The highest BCUT2D eigenvalue weighted by atomic mass is 16.5. The van der Waals surface area contributed by atoms with E-state index in [1.165, 1.54) is 6.07 Å². The lowest BCUT2D eigenvalue weighted by Crippen LogP contribution is -2.32. The minimum atomic E-state index is -0.533. The highest BCUT2D eigenvalue weighted by Gasteiger charge is 2.28. The van der Waals surface area contributed by atoms with E-state index in [4.69, 9.17) is 13.9 Å². The van der Waals surface area contributed by atoms with Crippen LogP contribution in [0, 0.1) is 0 Å². The molecular weight excluding hydrogens is 358 g/mol. The largest absolute Gasteiger partial charge is 0.480 e. The smallest absolute Gasteiger partial charge is 0.336 e. The van der Waals surface area contributed by atoms with Gasteiger partial charge in [-0.05, 0) is 44.6 Å². The van der Waals surface area contributed by atoms with Gasteiger partial charge in [-0.2, -0.15) is 0 Å². The van der Waals surface area contributed by atoms with Gasteiger partial charge in [-0.15, -0.1) is 0 Å². The lowest BCUT2D eigenvalue weighted by molar-refractivity contribution is -0.132. The second kappa shape index (κ2) is 8.09. The van der Waals surface area contributed by atoms with Crippen LogP contribution < -0.4 is 15.1 Å². The number of rotatable bonds is 7. The van der Waals surface area contributed by atoms with Crippen LogP contribution in [0.15, 0.2) is 33.5 Å². The van der Waals surface area contributed by atoms with E-state index in [-0.39, 0.29) is 12.5 Å². The number of hydrogen-bond acceptors (Lipinski definition) is 5. The molecule has 0 bridgehead atoms. The predicted molar refractivity (Wildman–Crippen MR) is 109 cm³/mol. The molecule has 28 heavy (non-hydrogen) atoms. The summed E-state index contributed by atoms with van der Waals surface area (Å²) >= 11 is 0. The van der Waals surface area contributed by atoms with Crippen molar-refractivity contribution >= 4 is 23.0 Å². The van der Waals surface area contributed by atoms with E-state index >= 15 is 0 Å². The molecule has 150 valence electrons. The van der Waals surface area contributed by atoms with Gasteiger partial charge in [0.15, 0.2) is 18.1 Å². The zero-order valence-corrected chi connectivity index (χ0v) is 16.9. The van der Waals surface area contributed by atoms with Crippen molar-refractivity contribution < 1.29 is 18.7 Å². The van der Waals surface area contributed by atoms with Crippen molar-refractivity contribution in [2.45, 2.75) is 45.6 Å². The summed E-state index contributed by atoms with van der Waals surface area (Å²) in [4.78, 5) is 25.8. The van der Waals surface area contributed by atoms with E-state index in [1.54, 1.807) is 24.1 Å². The van der Waals surface area contributed by atoms with E-state index < -0.39 is 11.2 Å². The topological polar surface area (TPSA) is 69.0 Å². The van der Waals surface area contributed by atoms with Gasteiger partial charge in [-0.1, -0.05) is 19.8 Å². The van der Waals surface area contributed by atoms with E-state index in [9.17, 15) is 9.59 Å². The molecule has 6 nitrogen and oxygen atoms in total. The molecule has 0 spiro atoms. The maximum atomic E-state index is 12.4. The molecular formula is C22H27NO5. The molecule has 1 aromatic carbocycles. The van der Waals surface area contributed by atoms with Crippen LogP contribution in [0.3, 0.4) is 0 Å². The third kappa shape index (κ3) is 4.38. The Balaban J connectivity index is 1.87. The van der Waals surface area contributed by atoms with Gasteiger partial charge in [-0.25, -0.2) is 4.79 Å². The lowest BCUT2D eigenvalue weighted by Gasteiger charge is -2.29. The maximum absolute atomic E-state index is 12.4. The number of nitrogens with zero attached hydrogens (tertiary/aromatic N) is 1. The molecule has 0 saturated heterocycles. The first kappa shape index (κ1) is 20.0. The van der Waals surface area contributed by atoms with Crippen molar-refractivity contribution in [2.75, 3.05) is 20.2 Å². The van der Waals surface area contributed by atoms with Crippen LogP contribution in [-0.2, 0) is 4.79 Å². The van der Waals surface area contributed by atoms with Gasteiger partial charge in [0.2, 0.25) is 0 Å². The second-order valence-electron chi connectivity index (χ2n) is 7.64. The molecule has 1 amide bonds. The van der Waals surface area contributed by atoms with E-state index in [0.717, 1.165) is 19.3 Å². The first-order valence-electron chi connectivity index (χ1n) is 9.66. The summed E-state index contributed by atoms with van der Waals surface area (Å²) in [6.07, 6.45) is 6.95. The zero-order chi connectivity index (χ0) is 20.3. The van der Waals surface area contributed by atoms with Gasteiger partial charge < -0.3 is 18.8 Å². The number of hydrogen-bond donors (Lipinski definition) is 0. The van der Waals surface area contributed by atoms with Gasteiger partial charge >= 0.3 is 5.63 Å². The average Bonchev–Trinajstić information content (AvgIpc) is 2.65. The lowest BCUT2D eigenvalue weighted by atomic mass is 10.00. The van der Waals surface area contributed by atoms with E-state index in [1.807, 2.05) is 26.0 Å². The molecule has 0 N–H and O–H groups in total. The average molecular weight is 385 g/mol. The summed E-state index contributed by atoms with van der Waals surface area (Å²) in [5.41, 5.74) is 0.137. The van der Waals surface area contributed by atoms with Crippen LogP contribution in [-0.4, -0.2) is 36.6 Å². The van der Waals surface area contributed by atoms with Gasteiger partial charge in [0.1, 0.15) is 11.2 Å². The van der Waals surface area contributed by atoms with E-state index in [0.29, 0.717) is 34.6 Å². The highest BCUT2D eigenvalue weighted by molar-refractivity contribution is 5.91. The first-order valence-corrected chi connectivity index (χ1v) is 9.66. The van der Waals surface area contributed by atoms with Crippen LogP contribution in [0.1, 0.15) is 45.6 Å². The third-order valence-electron chi connectivity index (χ3n) is 4.75. The van der Waals surface area contributed by atoms with Gasteiger partial charge in [0, 0.05) is 25.0 Å². The van der Waals surface area contributed by atoms with Crippen molar-refractivity contribution in [1.29, 1.82) is 0 Å². The Labute approximate surface area is 164 Å². The molecule has 1 aliphatic rings. The zero-order valence-electron chi connectivity index (χ0n) is 16.9. The molecule has 2 aromatic rings. The summed E-state index contributed by atoms with van der Waals surface area (Å²) in [5.74, 6) is 0.857. The highest BCUT2D eigenvalue weighted by Crippen LogP contribution is 2.43. The van der Waals surface area contributed by atoms with Crippen LogP contribution in [0.4, 0.5) is 0 Å². The quantitative estimate of drug-likeness (QED) is 0.532. The second-order valence-corrected chi connectivity index (χ2v) is 7.64. The number of benzene rings is 1. The van der Waals surface area contributed by atoms with Crippen molar-refractivity contribution in [3.8, 4) is 11.5 Å². The minimum absolute atomic E-state index is 0.0785. The standard InChI is InChI=1S/C22H27NO5/c1-5-6-7-12-23(4)18(24)14-26-17-13-15-8-9-19(25)27-20(15)16-10-11-22(2,3)28-21(16)17/h8-11,13H,5-7,12,14H2,1-4H3. The molecule has 6 heteroatoms. The van der Waals surface area contributed by atoms with Crippen molar-refractivity contribution in [1.82, 2.24) is 4.90 Å². The fourth-order valence-electron chi connectivity index (χ4n) is 3.11. The fourth-order valence-corrected chi connectivity index (χ4v) is 3.11. The number of likely N-dealkylation sites (N-methyl/N-ethyl adjacent to an activating group) is 1. The van der Waals surface area contributed by atoms with Crippen LogP contribution in [0.2, 0.25) is 0 Å². The van der Waals surface area contributed by atoms with Crippen molar-refractivity contribution in [2.24, 2.45) is 0 Å². The summed E-state index contributed by atoms with van der Waals surface area (Å²) < 4.78 is 17.3. The number of carbonyl (C=O) groups is 1. The molecule has 1 aliphatic heterocycles. The Kier molecular flexibility index (Phi) is 5.77. The van der Waals surface area contributed by atoms with Gasteiger partial charge in [-0.3, -0.25) is 4.79 Å². The normalized spacial score (nSPS) is 14.4. The molecule has 0 radical (unpaired) electrons. The minimum Gasteiger partial charge on any atom is -0.480 e. The number of carbonyl (C=O) groups excluding carboxylic acids is 1. The van der Waals surface area contributed by atoms with Crippen LogP contribution in [0.25, 0.3) is 17.0 Å². The van der Waals surface area contributed by atoms with E-state index in [2.05, 4.69) is 6.92 Å². The Hall–Kier alpha value is -2.76. The Morgan fingerprint density at radius 3 is 2.79 bits per heavy atom. The van der Waals surface area contributed by atoms with Crippen LogP contribution >= 0.6 is 0 Å². The van der Waals surface area contributed by atoms with Crippen molar-refractivity contribution in [3.05, 3.63) is 40.3 Å². The molecule has 0 unspecified atom stereocenters. The Bertz CT molecular complexity index is 957. The monoisotopic (exact) mass is 385 g/mol. The third-order valence-corrected chi connectivity index (χ3v) is 4.75. The predicted octanol–water partition coefficient (Wildman–Crippen LogP) is 4.00. The number of amides is 1. The molecule has 1 aromatic heterocycles. The number of fused-ring (bicyclic) bond motifs is 3. The molecule has 0 saturated carbocycles. The summed E-state index contributed by atoms with van der Waals surface area (Å²) in [7, 11) is 1.79. The van der Waals surface area contributed by atoms with Crippen LogP contribution in [0.5, 0.6) is 11.5 Å². The van der Waals surface area contributed by atoms with Crippen molar-refractivity contribution in [3.63, 3.8) is 0 Å². The SMILES string of the molecule is CCCCCN(C)C(=O)COc1cc2ccc(=O)oc2c2c1OC(C)(C)C=C2. The molecule has 0 fully saturated rings. The molecule has 0 aliphatic carbocycles.